The van der Waals surface area contributed by atoms with Crippen LogP contribution in [0.25, 0.3) is 0 Å². The van der Waals surface area contributed by atoms with E-state index in [1.54, 1.807) is 19.5 Å². The third-order valence-corrected chi connectivity index (χ3v) is 3.33. The molecule has 2 atom stereocenters. The van der Waals surface area contributed by atoms with E-state index in [-0.39, 0.29) is 18.1 Å². The number of rotatable bonds is 3. The number of carbonyl (C=O) groups excluding carboxylic acids is 1. The highest BCUT2D eigenvalue weighted by Gasteiger charge is 2.27. The lowest BCUT2D eigenvalue weighted by atomic mass is 9.92. The Labute approximate surface area is 101 Å². The predicted octanol–water partition coefficient (Wildman–Crippen LogP) is 1.80. The molecule has 1 aromatic heterocycles. The van der Waals surface area contributed by atoms with Crippen molar-refractivity contribution in [2.45, 2.75) is 37.8 Å². The van der Waals surface area contributed by atoms with E-state index in [1.807, 2.05) is 4.68 Å². The molecule has 1 aliphatic rings. The summed E-state index contributed by atoms with van der Waals surface area (Å²) < 4.78 is 12.0. The summed E-state index contributed by atoms with van der Waals surface area (Å²) in [6.45, 7) is 0. The lowest BCUT2D eigenvalue weighted by Gasteiger charge is -2.30. The van der Waals surface area contributed by atoms with Crippen molar-refractivity contribution < 1.29 is 14.3 Å². The molecule has 0 spiro atoms. The van der Waals surface area contributed by atoms with Gasteiger partial charge in [-0.1, -0.05) is 12.8 Å². The number of nitrogens with zero attached hydrogens (tertiary/aromatic N) is 2. The number of ether oxygens (including phenoxy) is 2. The molecular formula is C12H18N2O3. The number of esters is 1. The van der Waals surface area contributed by atoms with Crippen LogP contribution in [0.15, 0.2) is 12.4 Å². The molecule has 1 saturated carbocycles. The zero-order valence-corrected chi connectivity index (χ0v) is 10.3. The summed E-state index contributed by atoms with van der Waals surface area (Å²) in [6, 6.07) is 0.229. The summed E-state index contributed by atoms with van der Waals surface area (Å²) >= 11 is 0. The van der Waals surface area contributed by atoms with Crippen molar-refractivity contribution in [3.05, 3.63) is 18.0 Å². The van der Waals surface area contributed by atoms with Crippen molar-refractivity contribution in [3.8, 4) is 0 Å². The van der Waals surface area contributed by atoms with Gasteiger partial charge in [-0.15, -0.1) is 0 Å². The first-order valence-corrected chi connectivity index (χ1v) is 5.91. The smallest absolute Gasteiger partial charge is 0.341 e. The van der Waals surface area contributed by atoms with Crippen molar-refractivity contribution in [2.24, 2.45) is 0 Å². The molecule has 94 valence electrons. The minimum atomic E-state index is -0.346. The van der Waals surface area contributed by atoms with E-state index in [2.05, 4.69) is 9.84 Å². The van der Waals surface area contributed by atoms with E-state index in [0.717, 1.165) is 12.8 Å². The normalized spacial score (nSPS) is 24.6. The summed E-state index contributed by atoms with van der Waals surface area (Å²) in [4.78, 5) is 11.4. The molecule has 1 aliphatic carbocycles. The Morgan fingerprint density at radius 1 is 1.41 bits per heavy atom. The Morgan fingerprint density at radius 2 is 2.18 bits per heavy atom. The van der Waals surface area contributed by atoms with Gasteiger partial charge in [-0.2, -0.15) is 5.10 Å². The first-order valence-electron chi connectivity index (χ1n) is 5.91. The van der Waals surface area contributed by atoms with E-state index in [4.69, 9.17) is 4.74 Å². The fourth-order valence-corrected chi connectivity index (χ4v) is 2.40. The maximum Gasteiger partial charge on any atom is 0.341 e. The first kappa shape index (κ1) is 12.1. The Balaban J connectivity index is 2.15. The van der Waals surface area contributed by atoms with Gasteiger partial charge in [0.05, 0.1) is 31.0 Å². The summed E-state index contributed by atoms with van der Waals surface area (Å²) in [6.07, 6.45) is 7.95. The minimum Gasteiger partial charge on any atom is -0.465 e. The molecular weight excluding hydrogens is 220 g/mol. The molecule has 0 N–H and O–H groups in total. The van der Waals surface area contributed by atoms with Gasteiger partial charge in [0, 0.05) is 13.3 Å². The van der Waals surface area contributed by atoms with Gasteiger partial charge in [0.2, 0.25) is 0 Å². The summed E-state index contributed by atoms with van der Waals surface area (Å²) in [5.74, 6) is -0.346. The van der Waals surface area contributed by atoms with Gasteiger partial charge < -0.3 is 9.47 Å². The molecule has 2 rings (SSSR count). The average Bonchev–Trinajstić information content (AvgIpc) is 2.87. The molecule has 5 nitrogen and oxygen atoms in total. The van der Waals surface area contributed by atoms with Crippen LogP contribution in [0.3, 0.4) is 0 Å². The molecule has 1 fully saturated rings. The largest absolute Gasteiger partial charge is 0.465 e. The highest BCUT2D eigenvalue weighted by Crippen LogP contribution is 2.30. The second-order valence-electron chi connectivity index (χ2n) is 4.33. The Bertz CT molecular complexity index is 389. The van der Waals surface area contributed by atoms with Gasteiger partial charge in [0.1, 0.15) is 0 Å². The summed E-state index contributed by atoms with van der Waals surface area (Å²) in [5, 5.41) is 4.24. The molecule has 0 aliphatic heterocycles. The zero-order valence-electron chi connectivity index (χ0n) is 10.3. The molecule has 0 bridgehead atoms. The first-order chi connectivity index (χ1) is 8.26. The third kappa shape index (κ3) is 2.49. The Kier molecular flexibility index (Phi) is 3.78. The number of hydrogen-bond donors (Lipinski definition) is 0. The number of hydrogen-bond acceptors (Lipinski definition) is 4. The summed E-state index contributed by atoms with van der Waals surface area (Å²) in [7, 11) is 3.10. The zero-order chi connectivity index (χ0) is 12.3. The van der Waals surface area contributed by atoms with Crippen LogP contribution >= 0.6 is 0 Å². The molecule has 0 amide bonds. The van der Waals surface area contributed by atoms with Crippen LogP contribution in [0.5, 0.6) is 0 Å². The quantitative estimate of drug-likeness (QED) is 0.753. The fraction of sp³-hybridized carbons (Fsp3) is 0.667. The second-order valence-corrected chi connectivity index (χ2v) is 4.33. The average molecular weight is 238 g/mol. The van der Waals surface area contributed by atoms with Crippen LogP contribution in [-0.4, -0.2) is 36.1 Å². The van der Waals surface area contributed by atoms with Crippen LogP contribution in [0.1, 0.15) is 42.1 Å². The van der Waals surface area contributed by atoms with E-state index < -0.39 is 0 Å². The van der Waals surface area contributed by atoms with Gasteiger partial charge in [0.15, 0.2) is 0 Å². The molecule has 0 saturated heterocycles. The lowest BCUT2D eigenvalue weighted by molar-refractivity contribution is 0.0245. The molecule has 0 radical (unpaired) electrons. The summed E-state index contributed by atoms with van der Waals surface area (Å²) in [5.41, 5.74) is 0.493. The van der Waals surface area contributed by atoms with E-state index in [0.29, 0.717) is 5.56 Å². The number of aromatic nitrogens is 2. The maximum atomic E-state index is 11.4. The minimum absolute atomic E-state index is 0.189. The highest BCUT2D eigenvalue weighted by atomic mass is 16.5. The topological polar surface area (TPSA) is 53.3 Å². The molecule has 1 aromatic rings. The van der Waals surface area contributed by atoms with Crippen LogP contribution in [0, 0.1) is 0 Å². The molecule has 0 unspecified atom stereocenters. The number of methoxy groups -OCH3 is 2. The molecule has 1 heterocycles. The van der Waals surface area contributed by atoms with Gasteiger partial charge >= 0.3 is 5.97 Å². The standard InChI is InChI=1S/C12H18N2O3/c1-16-11-6-4-3-5-10(11)14-8-9(7-13-14)12(15)17-2/h7-8,10-11H,3-6H2,1-2H3/t10-,11-/m1/s1. The van der Waals surface area contributed by atoms with Gasteiger partial charge in [0.25, 0.3) is 0 Å². The van der Waals surface area contributed by atoms with Crippen LogP contribution < -0.4 is 0 Å². The van der Waals surface area contributed by atoms with Crippen LogP contribution in [-0.2, 0) is 9.47 Å². The van der Waals surface area contributed by atoms with E-state index in [1.165, 1.54) is 20.0 Å². The van der Waals surface area contributed by atoms with Gasteiger partial charge in [-0.25, -0.2) is 4.79 Å². The van der Waals surface area contributed by atoms with Crippen LogP contribution in [0.4, 0.5) is 0 Å². The Hall–Kier alpha value is -1.36. The molecule has 17 heavy (non-hydrogen) atoms. The van der Waals surface area contributed by atoms with Gasteiger partial charge in [-0.05, 0) is 12.8 Å². The second kappa shape index (κ2) is 5.31. The molecule has 5 heteroatoms. The fourth-order valence-electron chi connectivity index (χ4n) is 2.40. The van der Waals surface area contributed by atoms with Crippen molar-refractivity contribution in [2.75, 3.05) is 14.2 Å². The third-order valence-electron chi connectivity index (χ3n) is 3.33. The van der Waals surface area contributed by atoms with E-state index in [9.17, 15) is 4.79 Å². The maximum absolute atomic E-state index is 11.4. The van der Waals surface area contributed by atoms with Gasteiger partial charge in [-0.3, -0.25) is 4.68 Å². The van der Waals surface area contributed by atoms with Crippen molar-refractivity contribution >= 4 is 5.97 Å². The SMILES string of the molecule is COC(=O)c1cnn([C@@H]2CCCC[C@H]2OC)c1. The lowest BCUT2D eigenvalue weighted by Crippen LogP contribution is -2.29. The van der Waals surface area contributed by atoms with Crippen molar-refractivity contribution in [3.63, 3.8) is 0 Å². The van der Waals surface area contributed by atoms with Crippen molar-refractivity contribution in [1.29, 1.82) is 0 Å². The highest BCUT2D eigenvalue weighted by molar-refractivity contribution is 5.88. The predicted molar refractivity (Wildman–Crippen MR) is 61.9 cm³/mol. The number of carbonyl (C=O) groups is 1. The van der Waals surface area contributed by atoms with Crippen molar-refractivity contribution in [1.82, 2.24) is 9.78 Å². The Morgan fingerprint density at radius 3 is 2.88 bits per heavy atom. The van der Waals surface area contributed by atoms with E-state index >= 15 is 0 Å². The van der Waals surface area contributed by atoms with Crippen LogP contribution in [0.2, 0.25) is 0 Å². The molecule has 0 aromatic carbocycles. The monoisotopic (exact) mass is 238 g/mol.